The van der Waals surface area contributed by atoms with Crippen molar-refractivity contribution in [1.29, 1.82) is 0 Å². The molecule has 0 heterocycles. The van der Waals surface area contributed by atoms with E-state index in [0.717, 1.165) is 36.2 Å². The summed E-state index contributed by atoms with van der Waals surface area (Å²) < 4.78 is 44.9. The first kappa shape index (κ1) is 21.4. The third-order valence-corrected chi connectivity index (χ3v) is 9.38. The van der Waals surface area contributed by atoms with Gasteiger partial charge in [-0.15, -0.1) is 0 Å². The molecule has 0 saturated heterocycles. The van der Waals surface area contributed by atoms with Gasteiger partial charge in [0.25, 0.3) is 0 Å². The fourth-order valence-corrected chi connectivity index (χ4v) is 7.79. The van der Waals surface area contributed by atoms with E-state index in [4.69, 9.17) is 9.84 Å². The fraction of sp³-hybridized carbons (Fsp3) is 0.708. The van der Waals surface area contributed by atoms with Crippen LogP contribution < -0.4 is 4.74 Å². The predicted molar refractivity (Wildman–Crippen MR) is 115 cm³/mol. The van der Waals surface area contributed by atoms with Gasteiger partial charge in [0, 0.05) is 11.5 Å². The van der Waals surface area contributed by atoms with E-state index in [0.29, 0.717) is 12.4 Å². The van der Waals surface area contributed by atoms with Crippen molar-refractivity contribution >= 4 is 15.6 Å². The summed E-state index contributed by atoms with van der Waals surface area (Å²) in [7, 11) is -3.76. The molecule has 5 fully saturated rings. The number of ketones is 1. The minimum Gasteiger partial charge on any atom is -0.493 e. The molecule has 31 heavy (non-hydrogen) atoms. The number of hydrogen-bond acceptors (Lipinski definition) is 5. The number of ether oxygens (including phenoxy) is 1. The van der Waals surface area contributed by atoms with Crippen LogP contribution in [0.3, 0.4) is 0 Å². The van der Waals surface area contributed by atoms with Gasteiger partial charge in [-0.2, -0.15) is 0 Å². The van der Waals surface area contributed by atoms with Gasteiger partial charge >= 0.3 is 0 Å². The zero-order chi connectivity index (χ0) is 21.8. The Hall–Kier alpha value is -1.47. The van der Waals surface area contributed by atoms with Crippen LogP contribution in [0.4, 0.5) is 4.39 Å². The molecule has 1 aromatic rings. The molecular weight excluding hydrogens is 419 g/mol. The molecular formula is C24H31FO5S. The van der Waals surface area contributed by atoms with Crippen LogP contribution in [0, 0.1) is 29.0 Å². The molecule has 7 heteroatoms. The van der Waals surface area contributed by atoms with E-state index < -0.39 is 39.6 Å². The number of benzene rings is 1. The Morgan fingerprint density at radius 3 is 2.26 bits per heavy atom. The van der Waals surface area contributed by atoms with Gasteiger partial charge in [-0.05, 0) is 86.7 Å². The van der Waals surface area contributed by atoms with Crippen LogP contribution in [0.5, 0.6) is 5.75 Å². The average Bonchev–Trinajstić information content (AvgIpc) is 3.50. The van der Waals surface area contributed by atoms with Crippen LogP contribution in [-0.2, 0) is 9.84 Å². The van der Waals surface area contributed by atoms with E-state index in [1.54, 1.807) is 0 Å². The molecule has 1 aromatic carbocycles. The lowest BCUT2D eigenvalue weighted by atomic mass is 9.50. The molecule has 4 bridgehead atoms. The summed E-state index contributed by atoms with van der Waals surface area (Å²) in [6.07, 6.45) is 9.63. The van der Waals surface area contributed by atoms with Gasteiger partial charge in [0.1, 0.15) is 17.3 Å². The van der Waals surface area contributed by atoms with Gasteiger partial charge in [-0.25, -0.2) is 12.8 Å². The summed E-state index contributed by atoms with van der Waals surface area (Å²) in [5.74, 6) is 0.429. The van der Waals surface area contributed by atoms with Gasteiger partial charge in [0.15, 0.2) is 15.6 Å². The maximum atomic E-state index is 14.9. The largest absolute Gasteiger partial charge is 0.493 e. The maximum Gasteiger partial charge on any atom is 0.180 e. The van der Waals surface area contributed by atoms with E-state index >= 15 is 0 Å². The first-order chi connectivity index (χ1) is 14.8. The average molecular weight is 451 g/mol. The summed E-state index contributed by atoms with van der Waals surface area (Å²) in [5.41, 5.74) is 0.846. The number of carbonyl (C=O) groups is 1. The summed E-state index contributed by atoms with van der Waals surface area (Å²) in [6, 6.07) is 2.80. The van der Waals surface area contributed by atoms with Crippen molar-refractivity contribution in [3.8, 4) is 5.75 Å². The number of rotatable bonds is 9. The Balaban J connectivity index is 1.35. The Labute approximate surface area is 183 Å². The molecule has 0 aromatic heterocycles. The first-order valence-electron chi connectivity index (χ1n) is 11.6. The minimum atomic E-state index is -3.76. The minimum absolute atomic E-state index is 0.189. The highest BCUT2D eigenvalue weighted by molar-refractivity contribution is 7.92. The summed E-state index contributed by atoms with van der Waals surface area (Å²) >= 11 is 0. The van der Waals surface area contributed by atoms with Gasteiger partial charge in [0.05, 0.1) is 24.5 Å². The van der Waals surface area contributed by atoms with Crippen LogP contribution in [0.2, 0.25) is 0 Å². The maximum absolute atomic E-state index is 14.9. The van der Waals surface area contributed by atoms with Crippen LogP contribution in [0.25, 0.3) is 0 Å². The molecule has 5 aliphatic carbocycles. The zero-order valence-corrected chi connectivity index (χ0v) is 18.6. The quantitative estimate of drug-likeness (QED) is 0.578. The second-order valence-electron chi connectivity index (χ2n) is 10.6. The molecule has 0 atom stereocenters. The highest BCUT2D eigenvalue weighted by atomic mass is 32.2. The van der Waals surface area contributed by atoms with Crippen molar-refractivity contribution in [3.63, 3.8) is 0 Å². The third kappa shape index (κ3) is 4.40. The molecule has 5 aliphatic rings. The highest BCUT2D eigenvalue weighted by Gasteiger charge is 2.51. The summed E-state index contributed by atoms with van der Waals surface area (Å²) in [6.45, 7) is 0.0519. The van der Waals surface area contributed by atoms with E-state index in [-0.39, 0.29) is 16.9 Å². The SMILES string of the molecule is O=C(CS(=O)(=O)CCO)c1cc(C2CC2)c(OCC23CC4CC(CC(C4)C2)C3)cc1F. The third-order valence-electron chi connectivity index (χ3n) is 7.87. The van der Waals surface area contributed by atoms with Gasteiger partial charge in [0.2, 0.25) is 0 Å². The molecule has 0 radical (unpaired) electrons. The molecule has 0 spiro atoms. The number of hydrogen-bond donors (Lipinski definition) is 1. The standard InChI is InChI=1S/C24H31FO5S/c25-21-9-23(30-14-24-10-15-5-16(11-24)7-17(6-15)12-24)19(18-1-2-18)8-20(21)22(27)13-31(28,29)4-3-26/h8-9,15-18,26H,1-7,10-14H2. The van der Waals surface area contributed by atoms with Crippen LogP contribution in [-0.4, -0.2) is 44.0 Å². The van der Waals surface area contributed by atoms with Gasteiger partial charge in [-0.3, -0.25) is 4.79 Å². The molecule has 170 valence electrons. The molecule has 5 saturated carbocycles. The topological polar surface area (TPSA) is 80.7 Å². The smallest absolute Gasteiger partial charge is 0.180 e. The van der Waals surface area contributed by atoms with E-state index in [9.17, 15) is 17.6 Å². The number of aliphatic hydroxyl groups is 1. The number of sulfone groups is 1. The molecule has 1 N–H and O–H groups in total. The van der Waals surface area contributed by atoms with Crippen molar-refractivity contribution < 1.29 is 27.4 Å². The van der Waals surface area contributed by atoms with Crippen LogP contribution in [0.15, 0.2) is 12.1 Å². The lowest BCUT2D eigenvalue weighted by molar-refractivity contribution is -0.0747. The van der Waals surface area contributed by atoms with E-state index in [1.807, 2.05) is 0 Å². The molecule has 0 aliphatic heterocycles. The number of Topliss-reactive ketones (excluding diaryl/α,β-unsaturated/α-hetero) is 1. The Morgan fingerprint density at radius 2 is 1.71 bits per heavy atom. The van der Waals surface area contributed by atoms with Gasteiger partial charge in [-0.1, -0.05) is 0 Å². The van der Waals surface area contributed by atoms with E-state index in [2.05, 4.69) is 0 Å². The van der Waals surface area contributed by atoms with Crippen molar-refractivity contribution in [3.05, 3.63) is 29.1 Å². The van der Waals surface area contributed by atoms with Crippen molar-refractivity contribution in [2.45, 2.75) is 57.3 Å². The van der Waals surface area contributed by atoms with Crippen LogP contribution in [0.1, 0.15) is 73.2 Å². The van der Waals surface area contributed by atoms with Crippen LogP contribution >= 0.6 is 0 Å². The molecule has 5 nitrogen and oxygen atoms in total. The van der Waals surface area contributed by atoms with Crippen molar-refractivity contribution in [1.82, 2.24) is 0 Å². The summed E-state index contributed by atoms with van der Waals surface area (Å²) in [4.78, 5) is 12.5. The monoisotopic (exact) mass is 450 g/mol. The first-order valence-corrected chi connectivity index (χ1v) is 13.4. The second-order valence-corrected chi connectivity index (χ2v) is 12.8. The predicted octanol–water partition coefficient (Wildman–Crippen LogP) is 3.89. The highest BCUT2D eigenvalue weighted by Crippen LogP contribution is 2.60. The second kappa shape index (κ2) is 7.84. The number of carbonyl (C=O) groups excluding carboxylic acids is 1. The van der Waals surface area contributed by atoms with Crippen molar-refractivity contribution in [2.24, 2.45) is 23.2 Å². The number of aliphatic hydroxyl groups excluding tert-OH is 1. The lowest BCUT2D eigenvalue weighted by Crippen LogP contribution is -2.48. The summed E-state index contributed by atoms with van der Waals surface area (Å²) in [5, 5.41) is 8.87. The Morgan fingerprint density at radius 1 is 1.10 bits per heavy atom. The fourth-order valence-electron chi connectivity index (χ4n) is 6.81. The Kier molecular flexibility index (Phi) is 5.40. The van der Waals surface area contributed by atoms with E-state index in [1.165, 1.54) is 50.7 Å². The zero-order valence-electron chi connectivity index (χ0n) is 17.8. The van der Waals surface area contributed by atoms with Crippen molar-refractivity contribution in [2.75, 3.05) is 24.7 Å². The molecule has 0 amide bonds. The normalized spacial score (nSPS) is 31.7. The number of halogens is 1. The Bertz CT molecular complexity index is 947. The molecule has 0 unspecified atom stereocenters. The van der Waals surface area contributed by atoms with Gasteiger partial charge < -0.3 is 9.84 Å². The molecule has 6 rings (SSSR count). The lowest BCUT2D eigenvalue weighted by Gasteiger charge is -2.56.